The summed E-state index contributed by atoms with van der Waals surface area (Å²) in [6.07, 6.45) is 3.85. The highest BCUT2D eigenvalue weighted by atomic mass is 79.9. The standard InChI is InChI=1S/C9H11BrN2O/c10-8-6-7(4-5-12-8)2-1-3-9(11)13/h4-6H,1-3H2,(H2,11,13). The van der Waals surface area contributed by atoms with E-state index in [-0.39, 0.29) is 5.91 Å². The summed E-state index contributed by atoms with van der Waals surface area (Å²) in [7, 11) is 0. The fourth-order valence-corrected chi connectivity index (χ4v) is 1.48. The molecule has 1 heterocycles. The van der Waals surface area contributed by atoms with Crippen molar-refractivity contribution in [1.29, 1.82) is 0 Å². The number of primary amides is 1. The Kier molecular flexibility index (Phi) is 3.89. The Morgan fingerprint density at radius 2 is 2.38 bits per heavy atom. The molecule has 2 N–H and O–H groups in total. The maximum absolute atomic E-state index is 10.5. The molecule has 0 spiro atoms. The second kappa shape index (κ2) is 4.97. The minimum atomic E-state index is -0.242. The highest BCUT2D eigenvalue weighted by molar-refractivity contribution is 9.10. The second-order valence-electron chi connectivity index (χ2n) is 2.81. The van der Waals surface area contributed by atoms with Gasteiger partial charge in [-0.25, -0.2) is 4.98 Å². The minimum Gasteiger partial charge on any atom is -0.370 e. The minimum absolute atomic E-state index is 0.242. The van der Waals surface area contributed by atoms with E-state index in [9.17, 15) is 4.79 Å². The number of amides is 1. The highest BCUT2D eigenvalue weighted by Crippen LogP contribution is 2.10. The summed E-state index contributed by atoms with van der Waals surface area (Å²) in [5.41, 5.74) is 6.20. The maximum Gasteiger partial charge on any atom is 0.217 e. The molecule has 4 heteroatoms. The van der Waals surface area contributed by atoms with Crippen molar-refractivity contribution in [2.24, 2.45) is 5.73 Å². The highest BCUT2D eigenvalue weighted by Gasteiger charge is 1.97. The van der Waals surface area contributed by atoms with Crippen LogP contribution in [0, 0.1) is 0 Å². The number of aryl methyl sites for hydroxylation is 1. The third-order valence-corrected chi connectivity index (χ3v) is 2.11. The first-order valence-electron chi connectivity index (χ1n) is 4.07. The molecule has 0 aromatic carbocycles. The molecule has 3 nitrogen and oxygen atoms in total. The Balaban J connectivity index is 2.41. The summed E-state index contributed by atoms with van der Waals surface area (Å²) in [6, 6.07) is 3.88. The quantitative estimate of drug-likeness (QED) is 0.817. The Morgan fingerprint density at radius 3 is 3.00 bits per heavy atom. The van der Waals surface area contributed by atoms with Crippen LogP contribution in [0.15, 0.2) is 22.9 Å². The van der Waals surface area contributed by atoms with Crippen LogP contribution in [0.3, 0.4) is 0 Å². The van der Waals surface area contributed by atoms with Gasteiger partial charge < -0.3 is 5.73 Å². The molecule has 0 aliphatic heterocycles. The lowest BCUT2D eigenvalue weighted by atomic mass is 10.1. The Hall–Kier alpha value is -0.900. The molecule has 0 saturated heterocycles. The number of pyridine rings is 1. The van der Waals surface area contributed by atoms with Gasteiger partial charge in [-0.3, -0.25) is 4.79 Å². The smallest absolute Gasteiger partial charge is 0.217 e. The molecule has 1 rings (SSSR count). The molecule has 13 heavy (non-hydrogen) atoms. The van der Waals surface area contributed by atoms with Gasteiger partial charge in [-0.05, 0) is 46.5 Å². The van der Waals surface area contributed by atoms with Crippen LogP contribution in [-0.2, 0) is 11.2 Å². The van der Waals surface area contributed by atoms with Crippen LogP contribution in [0.5, 0.6) is 0 Å². The normalized spacial score (nSPS) is 9.92. The van der Waals surface area contributed by atoms with Crippen molar-refractivity contribution >= 4 is 21.8 Å². The van der Waals surface area contributed by atoms with E-state index >= 15 is 0 Å². The van der Waals surface area contributed by atoms with Gasteiger partial charge in [0.05, 0.1) is 0 Å². The third kappa shape index (κ3) is 4.03. The van der Waals surface area contributed by atoms with Gasteiger partial charge in [0.2, 0.25) is 5.91 Å². The summed E-state index contributed by atoms with van der Waals surface area (Å²) in [6.45, 7) is 0. The fraction of sp³-hybridized carbons (Fsp3) is 0.333. The van der Waals surface area contributed by atoms with E-state index in [1.165, 1.54) is 5.56 Å². The first-order chi connectivity index (χ1) is 6.18. The summed E-state index contributed by atoms with van der Waals surface area (Å²) in [5.74, 6) is -0.242. The molecule has 0 aliphatic rings. The summed E-state index contributed by atoms with van der Waals surface area (Å²) < 4.78 is 0.823. The van der Waals surface area contributed by atoms with Crippen molar-refractivity contribution in [3.63, 3.8) is 0 Å². The fourth-order valence-electron chi connectivity index (χ4n) is 1.06. The molecule has 0 saturated carbocycles. The van der Waals surface area contributed by atoms with Gasteiger partial charge in [-0.1, -0.05) is 0 Å². The van der Waals surface area contributed by atoms with Crippen LogP contribution >= 0.6 is 15.9 Å². The summed E-state index contributed by atoms with van der Waals surface area (Å²) in [5, 5.41) is 0. The number of hydrogen-bond acceptors (Lipinski definition) is 2. The van der Waals surface area contributed by atoms with E-state index in [1.807, 2.05) is 12.1 Å². The number of hydrogen-bond donors (Lipinski definition) is 1. The molecule has 0 aliphatic carbocycles. The van der Waals surface area contributed by atoms with Crippen LogP contribution in [0.2, 0.25) is 0 Å². The Labute approximate surface area is 85.5 Å². The van der Waals surface area contributed by atoms with E-state index in [1.54, 1.807) is 6.20 Å². The van der Waals surface area contributed by atoms with Crippen LogP contribution in [0.4, 0.5) is 0 Å². The van der Waals surface area contributed by atoms with Crippen LogP contribution in [-0.4, -0.2) is 10.9 Å². The Bertz CT molecular complexity index is 301. The molecule has 0 unspecified atom stereocenters. The molecule has 1 amide bonds. The molecular formula is C9H11BrN2O. The lowest BCUT2D eigenvalue weighted by Crippen LogP contribution is -2.10. The average Bonchev–Trinajstić information content (AvgIpc) is 2.03. The van der Waals surface area contributed by atoms with Crippen molar-refractivity contribution in [1.82, 2.24) is 4.98 Å². The number of halogens is 1. The summed E-state index contributed by atoms with van der Waals surface area (Å²) in [4.78, 5) is 14.5. The van der Waals surface area contributed by atoms with Gasteiger partial charge in [0.25, 0.3) is 0 Å². The van der Waals surface area contributed by atoms with Crippen LogP contribution in [0.1, 0.15) is 18.4 Å². The number of nitrogens with zero attached hydrogens (tertiary/aromatic N) is 1. The zero-order chi connectivity index (χ0) is 9.68. The van der Waals surface area contributed by atoms with E-state index < -0.39 is 0 Å². The zero-order valence-corrected chi connectivity index (χ0v) is 8.75. The number of carbonyl (C=O) groups excluding carboxylic acids is 1. The molecule has 1 aromatic heterocycles. The third-order valence-electron chi connectivity index (χ3n) is 1.68. The first kappa shape index (κ1) is 10.2. The monoisotopic (exact) mass is 242 g/mol. The van der Waals surface area contributed by atoms with Gasteiger partial charge in [-0.2, -0.15) is 0 Å². The van der Waals surface area contributed by atoms with Crippen LogP contribution in [0.25, 0.3) is 0 Å². The lowest BCUT2D eigenvalue weighted by Gasteiger charge is -1.99. The second-order valence-corrected chi connectivity index (χ2v) is 3.62. The summed E-state index contributed by atoms with van der Waals surface area (Å²) >= 11 is 3.28. The molecule has 70 valence electrons. The van der Waals surface area contributed by atoms with Crippen LogP contribution < -0.4 is 5.73 Å². The van der Waals surface area contributed by atoms with E-state index in [0.29, 0.717) is 6.42 Å². The number of nitrogens with two attached hydrogens (primary N) is 1. The van der Waals surface area contributed by atoms with Crippen molar-refractivity contribution in [3.05, 3.63) is 28.5 Å². The SMILES string of the molecule is NC(=O)CCCc1ccnc(Br)c1. The van der Waals surface area contributed by atoms with E-state index in [2.05, 4.69) is 20.9 Å². The first-order valence-corrected chi connectivity index (χ1v) is 4.86. The Morgan fingerprint density at radius 1 is 1.62 bits per heavy atom. The largest absolute Gasteiger partial charge is 0.370 e. The number of rotatable bonds is 4. The van der Waals surface area contributed by atoms with E-state index in [0.717, 1.165) is 17.4 Å². The van der Waals surface area contributed by atoms with Gasteiger partial charge in [0.1, 0.15) is 4.60 Å². The van der Waals surface area contributed by atoms with Gasteiger partial charge in [-0.15, -0.1) is 0 Å². The zero-order valence-electron chi connectivity index (χ0n) is 7.16. The molecule has 0 radical (unpaired) electrons. The predicted molar refractivity (Wildman–Crippen MR) is 54.1 cm³/mol. The molecule has 0 bridgehead atoms. The lowest BCUT2D eigenvalue weighted by molar-refractivity contribution is -0.118. The van der Waals surface area contributed by atoms with Crippen molar-refractivity contribution in [3.8, 4) is 0 Å². The number of aromatic nitrogens is 1. The average molecular weight is 243 g/mol. The van der Waals surface area contributed by atoms with Gasteiger partial charge >= 0.3 is 0 Å². The molecular weight excluding hydrogens is 232 g/mol. The maximum atomic E-state index is 10.5. The van der Waals surface area contributed by atoms with Crippen molar-refractivity contribution in [2.45, 2.75) is 19.3 Å². The predicted octanol–water partition coefficient (Wildman–Crippen LogP) is 1.65. The number of carbonyl (C=O) groups is 1. The topological polar surface area (TPSA) is 56.0 Å². The molecule has 0 atom stereocenters. The molecule has 1 aromatic rings. The molecule has 0 fully saturated rings. The van der Waals surface area contributed by atoms with Crippen molar-refractivity contribution in [2.75, 3.05) is 0 Å². The van der Waals surface area contributed by atoms with Crippen molar-refractivity contribution < 1.29 is 4.79 Å². The van der Waals surface area contributed by atoms with Gasteiger partial charge in [0.15, 0.2) is 0 Å². The van der Waals surface area contributed by atoms with E-state index in [4.69, 9.17) is 5.73 Å². The van der Waals surface area contributed by atoms with Gasteiger partial charge in [0, 0.05) is 12.6 Å².